The molecule has 2 aromatic rings. The second-order valence-corrected chi connectivity index (χ2v) is 4.41. The summed E-state index contributed by atoms with van der Waals surface area (Å²) in [7, 11) is 0. The van der Waals surface area contributed by atoms with Crippen LogP contribution in [0.5, 0.6) is 0 Å². The van der Waals surface area contributed by atoms with E-state index in [4.69, 9.17) is 5.41 Å². The van der Waals surface area contributed by atoms with Crippen LogP contribution in [0.1, 0.15) is 18.1 Å². The minimum atomic E-state index is 0.600. The lowest BCUT2D eigenvalue weighted by molar-refractivity contribution is 0.401. The summed E-state index contributed by atoms with van der Waals surface area (Å²) < 4.78 is 0. The van der Waals surface area contributed by atoms with Crippen LogP contribution in [0, 0.1) is 5.41 Å². The highest BCUT2D eigenvalue weighted by atomic mass is 15.2. The molecule has 2 nitrogen and oxygen atoms in total. The maximum atomic E-state index is 7.88. The van der Waals surface area contributed by atoms with E-state index in [-0.39, 0.29) is 0 Å². The summed E-state index contributed by atoms with van der Waals surface area (Å²) in [6.45, 7) is 3.40. The number of nitrogens with zero attached hydrogens (tertiary/aromatic N) is 1. The minimum Gasteiger partial charge on any atom is -0.352 e. The highest BCUT2D eigenvalue weighted by Crippen LogP contribution is 2.10. The maximum Gasteiger partial charge on any atom is 0.0931 e. The van der Waals surface area contributed by atoms with E-state index in [1.165, 1.54) is 11.1 Å². The van der Waals surface area contributed by atoms with Crippen molar-refractivity contribution >= 4 is 5.84 Å². The van der Waals surface area contributed by atoms with Crippen molar-refractivity contribution in [2.45, 2.75) is 20.0 Å². The topological polar surface area (TPSA) is 27.1 Å². The molecule has 92 valence electrons. The molecule has 1 N–H and O–H groups in total. The van der Waals surface area contributed by atoms with E-state index in [2.05, 4.69) is 29.2 Å². The molecule has 0 aromatic heterocycles. The Bertz CT molecular complexity index is 450. The molecule has 0 bridgehead atoms. The lowest BCUT2D eigenvalue weighted by Crippen LogP contribution is -2.27. The molecule has 18 heavy (non-hydrogen) atoms. The Labute approximate surface area is 108 Å². The molecule has 0 amide bonds. The highest BCUT2D eigenvalue weighted by molar-refractivity contribution is 5.76. The van der Waals surface area contributed by atoms with Gasteiger partial charge in [0.15, 0.2) is 0 Å². The van der Waals surface area contributed by atoms with Crippen LogP contribution in [0.2, 0.25) is 0 Å². The summed E-state index contributed by atoms with van der Waals surface area (Å²) in [5.74, 6) is 0.600. The second-order valence-electron chi connectivity index (χ2n) is 4.41. The van der Waals surface area contributed by atoms with Crippen LogP contribution in [-0.2, 0) is 13.1 Å². The van der Waals surface area contributed by atoms with Crippen LogP contribution in [-0.4, -0.2) is 10.7 Å². The molecular formula is C16H18N2. The third-order valence-electron chi connectivity index (χ3n) is 2.91. The number of hydrogen-bond donors (Lipinski definition) is 1. The monoisotopic (exact) mass is 238 g/mol. The van der Waals surface area contributed by atoms with Crippen LogP contribution in [0.3, 0.4) is 0 Å². The Kier molecular flexibility index (Phi) is 4.13. The first kappa shape index (κ1) is 12.4. The third-order valence-corrected chi connectivity index (χ3v) is 2.91. The number of amidine groups is 1. The van der Waals surface area contributed by atoms with E-state index >= 15 is 0 Å². The van der Waals surface area contributed by atoms with E-state index in [9.17, 15) is 0 Å². The Balaban J connectivity index is 2.08. The largest absolute Gasteiger partial charge is 0.352 e. The molecule has 0 spiro atoms. The van der Waals surface area contributed by atoms with Crippen molar-refractivity contribution in [3.05, 3.63) is 71.8 Å². The average Bonchev–Trinajstić information content (AvgIpc) is 2.40. The molecule has 2 aromatic carbocycles. The fourth-order valence-electron chi connectivity index (χ4n) is 1.90. The van der Waals surface area contributed by atoms with Gasteiger partial charge in [-0.3, -0.25) is 5.41 Å². The van der Waals surface area contributed by atoms with Gasteiger partial charge in [-0.15, -0.1) is 0 Å². The first-order chi connectivity index (χ1) is 8.75. The Morgan fingerprint density at radius 3 is 1.56 bits per heavy atom. The smallest absolute Gasteiger partial charge is 0.0931 e. The summed E-state index contributed by atoms with van der Waals surface area (Å²) in [5, 5.41) is 7.88. The molecule has 0 atom stereocenters. The van der Waals surface area contributed by atoms with Gasteiger partial charge in [-0.25, -0.2) is 0 Å². The summed E-state index contributed by atoms with van der Waals surface area (Å²) in [5.41, 5.74) is 2.47. The van der Waals surface area contributed by atoms with Gasteiger partial charge in [0, 0.05) is 13.1 Å². The predicted octanol–water partition coefficient (Wildman–Crippen LogP) is 3.69. The molecule has 0 fully saturated rings. The molecule has 0 unspecified atom stereocenters. The number of benzene rings is 2. The Hall–Kier alpha value is -2.09. The lowest BCUT2D eigenvalue weighted by atomic mass is 10.1. The predicted molar refractivity (Wildman–Crippen MR) is 75.5 cm³/mol. The van der Waals surface area contributed by atoms with Crippen molar-refractivity contribution in [3.63, 3.8) is 0 Å². The number of nitrogens with one attached hydrogen (secondary N) is 1. The van der Waals surface area contributed by atoms with Crippen molar-refractivity contribution in [2.24, 2.45) is 0 Å². The van der Waals surface area contributed by atoms with Crippen LogP contribution >= 0.6 is 0 Å². The van der Waals surface area contributed by atoms with Gasteiger partial charge in [-0.05, 0) is 18.1 Å². The molecule has 2 heteroatoms. The fourth-order valence-corrected chi connectivity index (χ4v) is 1.90. The van der Waals surface area contributed by atoms with E-state index in [0.29, 0.717) is 5.84 Å². The van der Waals surface area contributed by atoms with Crippen molar-refractivity contribution in [3.8, 4) is 0 Å². The van der Waals surface area contributed by atoms with Crippen molar-refractivity contribution in [1.29, 1.82) is 5.41 Å². The molecule has 0 aliphatic heterocycles. The molecule has 0 aliphatic rings. The van der Waals surface area contributed by atoms with Crippen LogP contribution in [0.15, 0.2) is 60.7 Å². The number of hydrogen-bond acceptors (Lipinski definition) is 1. The Morgan fingerprint density at radius 2 is 1.22 bits per heavy atom. The van der Waals surface area contributed by atoms with Crippen LogP contribution in [0.4, 0.5) is 0 Å². The molecule has 0 aliphatic carbocycles. The first-order valence-corrected chi connectivity index (χ1v) is 6.13. The zero-order valence-electron chi connectivity index (χ0n) is 10.6. The minimum absolute atomic E-state index is 0.600. The molecule has 0 radical (unpaired) electrons. The van der Waals surface area contributed by atoms with E-state index in [1.807, 2.05) is 43.3 Å². The van der Waals surface area contributed by atoms with E-state index in [0.717, 1.165) is 13.1 Å². The molecule has 0 saturated heterocycles. The second kappa shape index (κ2) is 6.01. The number of rotatable bonds is 4. The quantitative estimate of drug-likeness (QED) is 0.638. The van der Waals surface area contributed by atoms with E-state index < -0.39 is 0 Å². The molecule has 0 heterocycles. The van der Waals surface area contributed by atoms with E-state index in [1.54, 1.807) is 0 Å². The van der Waals surface area contributed by atoms with Gasteiger partial charge in [0.2, 0.25) is 0 Å². The summed E-state index contributed by atoms with van der Waals surface area (Å²) >= 11 is 0. The van der Waals surface area contributed by atoms with Gasteiger partial charge in [-0.2, -0.15) is 0 Å². The third kappa shape index (κ3) is 3.45. The molecular weight excluding hydrogens is 220 g/mol. The maximum absolute atomic E-state index is 7.88. The SMILES string of the molecule is CC(=N)N(Cc1ccccc1)Cc1ccccc1. The van der Waals surface area contributed by atoms with Gasteiger partial charge in [0.1, 0.15) is 0 Å². The van der Waals surface area contributed by atoms with Crippen molar-refractivity contribution in [1.82, 2.24) is 4.90 Å². The van der Waals surface area contributed by atoms with Gasteiger partial charge < -0.3 is 4.90 Å². The zero-order chi connectivity index (χ0) is 12.8. The highest BCUT2D eigenvalue weighted by Gasteiger charge is 2.07. The fraction of sp³-hybridized carbons (Fsp3) is 0.188. The van der Waals surface area contributed by atoms with Gasteiger partial charge in [0.05, 0.1) is 5.84 Å². The van der Waals surface area contributed by atoms with Crippen molar-refractivity contribution < 1.29 is 0 Å². The summed E-state index contributed by atoms with van der Waals surface area (Å²) in [6, 6.07) is 20.6. The average molecular weight is 238 g/mol. The molecule has 2 rings (SSSR count). The van der Waals surface area contributed by atoms with Crippen LogP contribution in [0.25, 0.3) is 0 Å². The summed E-state index contributed by atoms with van der Waals surface area (Å²) in [4.78, 5) is 2.07. The van der Waals surface area contributed by atoms with Gasteiger partial charge in [-0.1, -0.05) is 60.7 Å². The normalized spacial score (nSPS) is 10.1. The molecule has 0 saturated carbocycles. The first-order valence-electron chi connectivity index (χ1n) is 6.13. The Morgan fingerprint density at radius 1 is 0.833 bits per heavy atom. The standard InChI is InChI=1S/C16H18N2/c1-14(17)18(12-15-8-4-2-5-9-15)13-16-10-6-3-7-11-16/h2-11,17H,12-13H2,1H3. The lowest BCUT2D eigenvalue weighted by Gasteiger charge is -2.23. The zero-order valence-corrected chi connectivity index (χ0v) is 10.6. The van der Waals surface area contributed by atoms with Gasteiger partial charge >= 0.3 is 0 Å². The van der Waals surface area contributed by atoms with Crippen LogP contribution < -0.4 is 0 Å². The van der Waals surface area contributed by atoms with Gasteiger partial charge in [0.25, 0.3) is 0 Å². The summed E-state index contributed by atoms with van der Waals surface area (Å²) in [6.07, 6.45) is 0. The van der Waals surface area contributed by atoms with Crippen molar-refractivity contribution in [2.75, 3.05) is 0 Å².